The normalized spacial score (nSPS) is 11.7. The topological polar surface area (TPSA) is 180 Å². The zero-order valence-corrected chi connectivity index (χ0v) is 83.0. The summed E-state index contributed by atoms with van der Waals surface area (Å²) < 4.78 is 28.9. The molecule has 0 rings (SSSR count). The molecule has 0 aromatic carbocycles. The van der Waals surface area contributed by atoms with Crippen LogP contribution in [-0.2, 0) is 42.9 Å². The summed E-state index contributed by atoms with van der Waals surface area (Å²) in [5.41, 5.74) is 0. The molecule has 0 aliphatic heterocycles. The summed E-state index contributed by atoms with van der Waals surface area (Å²) in [5.74, 6) is 1.83. The van der Waals surface area contributed by atoms with Crippen LogP contribution < -0.4 is 5.32 Å². The van der Waals surface area contributed by atoms with Crippen LogP contribution in [-0.4, -0.2) is 203 Å². The number of aliphatic hydroxyl groups excluding tert-OH is 1. The van der Waals surface area contributed by atoms with Gasteiger partial charge in [-0.05, 0) is 193 Å². The van der Waals surface area contributed by atoms with Crippen LogP contribution in [0, 0.1) is 23.7 Å². The second-order valence-corrected chi connectivity index (χ2v) is 36.1. The molecule has 0 aromatic rings. The van der Waals surface area contributed by atoms with Gasteiger partial charge in [-0.1, -0.05) is 314 Å². The van der Waals surface area contributed by atoms with Crippen LogP contribution in [0.2, 0.25) is 0 Å². The Morgan fingerprint density at radius 1 is 0.267 bits per heavy atom. The molecule has 120 heavy (non-hydrogen) atoms. The van der Waals surface area contributed by atoms with Gasteiger partial charge in [-0.25, -0.2) is 4.79 Å². The maximum Gasteiger partial charge on any atom is 0.409 e. The van der Waals surface area contributed by atoms with Crippen LogP contribution in [0.4, 0.5) is 4.79 Å². The van der Waals surface area contributed by atoms with Crippen LogP contribution in [0.5, 0.6) is 0 Å². The molecule has 0 saturated heterocycles. The van der Waals surface area contributed by atoms with Crippen molar-refractivity contribution in [2.45, 2.75) is 482 Å². The Labute approximate surface area is 745 Å². The van der Waals surface area contributed by atoms with Crippen LogP contribution >= 0.6 is 0 Å². The highest BCUT2D eigenvalue weighted by molar-refractivity contribution is 5.70. The molecular formula is C103H208N6O11. The molecule has 0 atom stereocenters. The lowest BCUT2D eigenvalue weighted by Gasteiger charge is -2.29. The Hall–Kier alpha value is -3.09. The van der Waals surface area contributed by atoms with Crippen molar-refractivity contribution in [1.29, 1.82) is 0 Å². The van der Waals surface area contributed by atoms with E-state index in [9.17, 15) is 24.0 Å². The molecule has 0 spiro atoms. The van der Waals surface area contributed by atoms with Gasteiger partial charge in [0.05, 0.1) is 33.0 Å². The van der Waals surface area contributed by atoms with Gasteiger partial charge in [0.2, 0.25) is 0 Å². The zero-order valence-electron chi connectivity index (χ0n) is 83.0. The summed E-state index contributed by atoms with van der Waals surface area (Å²) in [6, 6.07) is 0.895. The van der Waals surface area contributed by atoms with Gasteiger partial charge in [0, 0.05) is 90.1 Å². The summed E-state index contributed by atoms with van der Waals surface area (Å²) in [7, 11) is 0. The van der Waals surface area contributed by atoms with Crippen molar-refractivity contribution < 1.29 is 52.8 Å². The lowest BCUT2D eigenvalue weighted by Crippen LogP contribution is -2.41. The number of esters is 4. The minimum absolute atomic E-state index is 0.0110. The molecule has 0 aliphatic carbocycles. The summed E-state index contributed by atoms with van der Waals surface area (Å²) in [5, 5.41) is 12.4. The van der Waals surface area contributed by atoms with Crippen molar-refractivity contribution in [3.05, 3.63) is 0 Å². The SMILES string of the molecule is CCCCCCC(CCCCCC)COC(=O)CCCCCN(CCCCCC(=O)OCC(CCCCCC)CCCCCC)C(=O)OCCN(CCN(CC)CC)C(C)C.CCCCCCC(CCCCCC)COC(=O)CCCCCNCCCCCC(=O)OCC(CCCCCC)CCCCCC.CCN(CC)CCN(CCO)C(C)C. The van der Waals surface area contributed by atoms with E-state index in [4.69, 9.17) is 28.8 Å². The molecule has 17 nitrogen and oxygen atoms in total. The number of ether oxygens (including phenoxy) is 5. The van der Waals surface area contributed by atoms with E-state index in [2.05, 4.69) is 136 Å². The molecule has 0 radical (unpaired) electrons. The number of hydrogen-bond acceptors (Lipinski definition) is 16. The molecule has 0 unspecified atom stereocenters. The number of likely N-dealkylation sites (N-methyl/N-ethyl adjacent to an activating group) is 2. The molecule has 2 N–H and O–H groups in total. The molecule has 0 saturated carbocycles. The van der Waals surface area contributed by atoms with Crippen molar-refractivity contribution >= 4 is 30.0 Å². The minimum Gasteiger partial charge on any atom is -0.465 e. The zero-order chi connectivity index (χ0) is 89.2. The third-order valence-corrected chi connectivity index (χ3v) is 24.6. The van der Waals surface area contributed by atoms with Gasteiger partial charge in [0.1, 0.15) is 6.61 Å². The monoisotopic (exact) mass is 1710 g/mol. The van der Waals surface area contributed by atoms with Crippen LogP contribution in [0.3, 0.4) is 0 Å². The van der Waals surface area contributed by atoms with Crippen molar-refractivity contribution in [3.63, 3.8) is 0 Å². The van der Waals surface area contributed by atoms with Gasteiger partial charge in [0.25, 0.3) is 0 Å². The minimum atomic E-state index is -0.265. The Bertz CT molecular complexity index is 1980. The van der Waals surface area contributed by atoms with Crippen LogP contribution in [0.15, 0.2) is 0 Å². The highest BCUT2D eigenvalue weighted by atomic mass is 16.6. The van der Waals surface area contributed by atoms with E-state index in [0.29, 0.717) is 114 Å². The molecular weight excluding hydrogens is 1500 g/mol. The molecule has 0 aliphatic rings. The quantitative estimate of drug-likeness (QED) is 0.0333. The first-order valence-electron chi connectivity index (χ1n) is 52.2. The van der Waals surface area contributed by atoms with E-state index >= 15 is 0 Å². The highest BCUT2D eigenvalue weighted by Gasteiger charge is 2.21. The second kappa shape index (κ2) is 95.0. The number of rotatable bonds is 89. The summed E-state index contributed by atoms with van der Waals surface area (Å²) >= 11 is 0. The summed E-state index contributed by atoms with van der Waals surface area (Å²) in [4.78, 5) is 75.0. The summed E-state index contributed by atoms with van der Waals surface area (Å²) in [6.07, 6.45) is 62.7. The lowest BCUT2D eigenvalue weighted by molar-refractivity contribution is -0.146. The van der Waals surface area contributed by atoms with E-state index in [1.54, 1.807) is 0 Å². The smallest absolute Gasteiger partial charge is 0.409 e. The largest absolute Gasteiger partial charge is 0.465 e. The lowest BCUT2D eigenvalue weighted by atomic mass is 9.95. The molecule has 716 valence electrons. The number of nitrogens with one attached hydrogen (secondary N) is 1. The third kappa shape index (κ3) is 83.1. The van der Waals surface area contributed by atoms with E-state index in [1.807, 2.05) is 4.90 Å². The number of aliphatic hydroxyl groups is 1. The molecule has 0 bridgehead atoms. The van der Waals surface area contributed by atoms with Gasteiger partial charge in [0.15, 0.2) is 0 Å². The number of unbranched alkanes of at least 4 members (excludes halogenated alkanes) is 32. The Morgan fingerprint density at radius 3 is 0.742 bits per heavy atom. The summed E-state index contributed by atoms with van der Waals surface area (Å²) in [6.45, 7) is 51.6. The average molecular weight is 1710 g/mol. The van der Waals surface area contributed by atoms with E-state index in [0.717, 1.165) is 175 Å². The molecule has 17 heteroatoms. The standard InChI is InChI=1S/C52H103N3O6.C40H79NO4.C11H26N2O/c1-9-15-19-25-33-48(34-26-20-16-10-2)45-60-50(56)37-29-23-31-39-55(52(58)59-44-43-54(47(7)8)42-41-53(13-5)14-6)40-32-24-30-38-51(57)61-46-49(35-27-21-17-11-3)36-28-22-18-12-4;1-5-9-13-19-27-37(28-20-14-10-6-2)35-44-39(42)31-23-17-25-33-41-34-26-18-24-32-40(43)45-36-38(29-21-15-11-7-3)30-22-16-12-8-4;1-5-12(6-2)7-8-13(9-10-14)11(3)4/h47-49H,9-46H2,1-8H3;37-38,41H,5-36H2,1-4H3;11,14H,5-10H2,1-4H3. The predicted molar refractivity (Wildman–Crippen MR) is 514 cm³/mol. The van der Waals surface area contributed by atoms with Gasteiger partial charge < -0.3 is 48.8 Å². The molecule has 0 heterocycles. The van der Waals surface area contributed by atoms with Gasteiger partial charge in [-0.15, -0.1) is 0 Å². The Balaban J connectivity index is -0.00000202. The second-order valence-electron chi connectivity index (χ2n) is 36.1. The number of carbonyl (C=O) groups excluding carboxylic acids is 5. The fourth-order valence-corrected chi connectivity index (χ4v) is 15.9. The van der Waals surface area contributed by atoms with E-state index in [1.165, 1.54) is 231 Å². The third-order valence-electron chi connectivity index (χ3n) is 24.6. The predicted octanol–water partition coefficient (Wildman–Crippen LogP) is 26.7. The van der Waals surface area contributed by atoms with E-state index in [-0.39, 0.29) is 36.6 Å². The van der Waals surface area contributed by atoms with Crippen molar-refractivity contribution in [1.82, 2.24) is 29.8 Å². The average Bonchev–Trinajstić information content (AvgIpc) is 0.922. The number of carbonyl (C=O) groups is 5. The van der Waals surface area contributed by atoms with Crippen molar-refractivity contribution in [2.75, 3.05) is 131 Å². The Kier molecular flexibility index (Phi) is 95.9. The van der Waals surface area contributed by atoms with Crippen molar-refractivity contribution in [2.24, 2.45) is 23.7 Å². The maximum absolute atomic E-state index is 13.5. The highest BCUT2D eigenvalue weighted by Crippen LogP contribution is 2.25. The first kappa shape index (κ1) is 121. The number of nitrogens with zero attached hydrogens (tertiary/aromatic N) is 5. The maximum atomic E-state index is 13.5. The number of hydrogen-bond donors (Lipinski definition) is 2. The van der Waals surface area contributed by atoms with Gasteiger partial charge >= 0.3 is 30.0 Å². The number of amides is 1. The molecule has 1 amide bonds. The molecule has 0 fully saturated rings. The first-order chi connectivity index (χ1) is 58.4. The molecule has 0 aromatic heterocycles. The fourth-order valence-electron chi connectivity index (χ4n) is 15.9. The Morgan fingerprint density at radius 2 is 0.508 bits per heavy atom. The van der Waals surface area contributed by atoms with Crippen LogP contribution in [0.1, 0.15) is 470 Å². The van der Waals surface area contributed by atoms with Crippen LogP contribution in [0.25, 0.3) is 0 Å². The van der Waals surface area contributed by atoms with E-state index < -0.39 is 0 Å². The van der Waals surface area contributed by atoms with Crippen molar-refractivity contribution in [3.8, 4) is 0 Å². The fraction of sp³-hybridized carbons (Fsp3) is 0.951. The van der Waals surface area contributed by atoms with Gasteiger partial charge in [-0.3, -0.25) is 29.0 Å². The van der Waals surface area contributed by atoms with Gasteiger partial charge in [-0.2, -0.15) is 0 Å². The first-order valence-corrected chi connectivity index (χ1v) is 52.2.